The van der Waals surface area contributed by atoms with Crippen LogP contribution < -0.4 is 10.2 Å². The summed E-state index contributed by atoms with van der Waals surface area (Å²) < 4.78 is 0.682. The Labute approximate surface area is 126 Å². The van der Waals surface area contributed by atoms with E-state index in [4.69, 9.17) is 0 Å². The SMILES string of the molecule is CCC1CN(c2ncc([N+](=O)[O-])cc2Br)C(CC)CN1. The van der Waals surface area contributed by atoms with Crippen molar-refractivity contribution in [1.29, 1.82) is 0 Å². The summed E-state index contributed by atoms with van der Waals surface area (Å²) >= 11 is 3.42. The van der Waals surface area contributed by atoms with E-state index in [-0.39, 0.29) is 5.69 Å². The Morgan fingerprint density at radius 2 is 2.30 bits per heavy atom. The van der Waals surface area contributed by atoms with Crippen LogP contribution in [0.1, 0.15) is 26.7 Å². The number of nitrogens with one attached hydrogen (secondary N) is 1. The predicted molar refractivity (Wildman–Crippen MR) is 82.1 cm³/mol. The average molecular weight is 343 g/mol. The zero-order valence-electron chi connectivity index (χ0n) is 11.7. The molecule has 110 valence electrons. The molecule has 1 aliphatic heterocycles. The van der Waals surface area contributed by atoms with E-state index < -0.39 is 4.92 Å². The Morgan fingerprint density at radius 1 is 1.55 bits per heavy atom. The van der Waals surface area contributed by atoms with E-state index in [2.05, 4.69) is 45.0 Å². The first-order chi connectivity index (χ1) is 9.56. The number of halogens is 1. The van der Waals surface area contributed by atoms with Gasteiger partial charge in [-0.3, -0.25) is 10.1 Å². The maximum Gasteiger partial charge on any atom is 0.288 e. The predicted octanol–water partition coefficient (Wildman–Crippen LogP) is 2.72. The first-order valence-electron chi connectivity index (χ1n) is 6.86. The van der Waals surface area contributed by atoms with E-state index in [9.17, 15) is 10.1 Å². The lowest BCUT2D eigenvalue weighted by atomic mass is 10.1. The fourth-order valence-electron chi connectivity index (χ4n) is 2.49. The molecule has 1 saturated heterocycles. The number of rotatable bonds is 4. The smallest absolute Gasteiger partial charge is 0.288 e. The van der Waals surface area contributed by atoms with E-state index in [0.717, 1.165) is 31.7 Å². The Kier molecular flexibility index (Phi) is 4.93. The van der Waals surface area contributed by atoms with Gasteiger partial charge in [0.2, 0.25) is 0 Å². The van der Waals surface area contributed by atoms with Crippen LogP contribution in [0.25, 0.3) is 0 Å². The summed E-state index contributed by atoms with van der Waals surface area (Å²) in [5.74, 6) is 0.794. The van der Waals surface area contributed by atoms with Gasteiger partial charge >= 0.3 is 0 Å². The van der Waals surface area contributed by atoms with Crippen LogP contribution in [0, 0.1) is 10.1 Å². The minimum absolute atomic E-state index is 0.0100. The highest BCUT2D eigenvalue weighted by Crippen LogP contribution is 2.30. The number of anilines is 1. The molecule has 0 saturated carbocycles. The Bertz CT molecular complexity index is 497. The van der Waals surface area contributed by atoms with Crippen LogP contribution in [0.2, 0.25) is 0 Å². The van der Waals surface area contributed by atoms with Crippen molar-refractivity contribution in [2.45, 2.75) is 38.8 Å². The van der Waals surface area contributed by atoms with Crippen molar-refractivity contribution in [2.75, 3.05) is 18.0 Å². The van der Waals surface area contributed by atoms with Gasteiger partial charge in [0.1, 0.15) is 12.0 Å². The number of nitrogens with zero attached hydrogens (tertiary/aromatic N) is 3. The van der Waals surface area contributed by atoms with Gasteiger partial charge in [0.25, 0.3) is 5.69 Å². The summed E-state index contributed by atoms with van der Waals surface area (Å²) in [5.41, 5.74) is 0.0100. The largest absolute Gasteiger partial charge is 0.350 e. The average Bonchev–Trinajstić information content (AvgIpc) is 2.46. The van der Waals surface area contributed by atoms with Crippen molar-refractivity contribution >= 4 is 27.4 Å². The fraction of sp³-hybridized carbons (Fsp3) is 0.615. The lowest BCUT2D eigenvalue weighted by Gasteiger charge is -2.41. The first-order valence-corrected chi connectivity index (χ1v) is 7.66. The molecular weight excluding hydrogens is 324 g/mol. The molecule has 20 heavy (non-hydrogen) atoms. The van der Waals surface area contributed by atoms with E-state index in [1.54, 1.807) is 0 Å². The van der Waals surface area contributed by atoms with E-state index >= 15 is 0 Å². The number of aromatic nitrogens is 1. The van der Waals surface area contributed by atoms with Crippen molar-refractivity contribution in [1.82, 2.24) is 10.3 Å². The summed E-state index contributed by atoms with van der Waals surface area (Å²) in [7, 11) is 0. The van der Waals surface area contributed by atoms with Gasteiger partial charge in [0, 0.05) is 31.2 Å². The highest BCUT2D eigenvalue weighted by molar-refractivity contribution is 9.10. The topological polar surface area (TPSA) is 71.3 Å². The van der Waals surface area contributed by atoms with Crippen molar-refractivity contribution in [3.05, 3.63) is 26.9 Å². The number of hydrogen-bond acceptors (Lipinski definition) is 5. The third kappa shape index (κ3) is 3.09. The van der Waals surface area contributed by atoms with E-state index in [0.29, 0.717) is 16.6 Å². The lowest BCUT2D eigenvalue weighted by molar-refractivity contribution is -0.385. The van der Waals surface area contributed by atoms with E-state index in [1.165, 1.54) is 12.3 Å². The van der Waals surface area contributed by atoms with Crippen molar-refractivity contribution in [2.24, 2.45) is 0 Å². The third-order valence-corrected chi connectivity index (χ3v) is 4.34. The number of nitro groups is 1. The first kappa shape index (κ1) is 15.2. The third-order valence-electron chi connectivity index (χ3n) is 3.75. The molecule has 1 aromatic heterocycles. The minimum atomic E-state index is -0.425. The van der Waals surface area contributed by atoms with Crippen LogP contribution in [0.3, 0.4) is 0 Å². The molecule has 1 N–H and O–H groups in total. The zero-order chi connectivity index (χ0) is 14.7. The highest BCUT2D eigenvalue weighted by atomic mass is 79.9. The van der Waals surface area contributed by atoms with E-state index in [1.807, 2.05) is 0 Å². The zero-order valence-corrected chi connectivity index (χ0v) is 13.3. The second kappa shape index (κ2) is 6.49. The van der Waals surface area contributed by atoms with Crippen LogP contribution in [0.5, 0.6) is 0 Å². The van der Waals surface area contributed by atoms with Crippen LogP contribution in [-0.2, 0) is 0 Å². The molecule has 0 aromatic carbocycles. The number of pyridine rings is 1. The van der Waals surface area contributed by atoms with Gasteiger partial charge in [-0.15, -0.1) is 0 Å². The molecule has 0 amide bonds. The second-order valence-corrected chi connectivity index (χ2v) is 5.84. The lowest BCUT2D eigenvalue weighted by Crippen LogP contribution is -2.56. The summed E-state index contributed by atoms with van der Waals surface area (Å²) in [5, 5.41) is 14.3. The maximum absolute atomic E-state index is 10.8. The molecule has 0 radical (unpaired) electrons. The molecule has 2 rings (SSSR count). The molecule has 7 heteroatoms. The fourth-order valence-corrected chi connectivity index (χ4v) is 3.06. The Morgan fingerprint density at radius 3 is 2.85 bits per heavy atom. The molecule has 2 atom stereocenters. The van der Waals surface area contributed by atoms with Crippen LogP contribution >= 0.6 is 15.9 Å². The molecule has 6 nitrogen and oxygen atoms in total. The van der Waals surface area contributed by atoms with Gasteiger partial charge in [0.15, 0.2) is 0 Å². The second-order valence-electron chi connectivity index (χ2n) is 4.98. The van der Waals surface area contributed by atoms with Gasteiger partial charge in [-0.05, 0) is 28.8 Å². The minimum Gasteiger partial charge on any atom is -0.350 e. The molecule has 2 heterocycles. The summed E-state index contributed by atoms with van der Waals surface area (Å²) in [4.78, 5) is 16.9. The van der Waals surface area contributed by atoms with Crippen LogP contribution in [0.15, 0.2) is 16.7 Å². The molecule has 1 aliphatic rings. The molecule has 0 spiro atoms. The van der Waals surface area contributed by atoms with Crippen molar-refractivity contribution in [3.8, 4) is 0 Å². The number of piperazine rings is 1. The van der Waals surface area contributed by atoms with Crippen LogP contribution in [-0.4, -0.2) is 35.1 Å². The van der Waals surface area contributed by atoms with Crippen molar-refractivity contribution in [3.63, 3.8) is 0 Å². The summed E-state index contributed by atoms with van der Waals surface area (Å²) in [6.07, 6.45) is 3.39. The molecule has 1 fully saturated rings. The summed E-state index contributed by atoms with van der Waals surface area (Å²) in [6.45, 7) is 6.09. The molecular formula is C13H19BrN4O2. The standard InChI is InChI=1S/C13H19BrN4O2/c1-3-9-8-17(10(4-2)6-15-9)13-12(14)5-11(7-16-13)18(19)20/h5,7,9-10,15H,3-4,6,8H2,1-2H3. The normalized spacial score (nSPS) is 22.9. The molecule has 1 aromatic rings. The van der Waals surface area contributed by atoms with Gasteiger partial charge in [-0.1, -0.05) is 13.8 Å². The van der Waals surface area contributed by atoms with Crippen molar-refractivity contribution < 1.29 is 4.92 Å². The Hall–Kier alpha value is -1.21. The molecule has 0 bridgehead atoms. The highest BCUT2D eigenvalue weighted by Gasteiger charge is 2.28. The van der Waals surface area contributed by atoms with Gasteiger partial charge in [0.05, 0.1) is 9.40 Å². The number of hydrogen-bond donors (Lipinski definition) is 1. The van der Waals surface area contributed by atoms with Gasteiger partial charge < -0.3 is 10.2 Å². The van der Waals surface area contributed by atoms with Crippen LogP contribution in [0.4, 0.5) is 11.5 Å². The van der Waals surface area contributed by atoms with Gasteiger partial charge in [-0.2, -0.15) is 0 Å². The van der Waals surface area contributed by atoms with Gasteiger partial charge in [-0.25, -0.2) is 4.98 Å². The monoisotopic (exact) mass is 342 g/mol. The Balaban J connectivity index is 2.29. The quantitative estimate of drug-likeness (QED) is 0.672. The molecule has 2 unspecified atom stereocenters. The summed E-state index contributed by atoms with van der Waals surface area (Å²) in [6, 6.07) is 2.32. The molecule has 0 aliphatic carbocycles. The maximum atomic E-state index is 10.8.